The minimum Gasteiger partial charge on any atom is -0.481 e. The van der Waals surface area contributed by atoms with Gasteiger partial charge in [0.1, 0.15) is 0 Å². The number of hydrogen-bond donors (Lipinski definition) is 6. The van der Waals surface area contributed by atoms with E-state index in [1.54, 1.807) is 13.8 Å². The Morgan fingerprint density at radius 3 is 1.95 bits per heavy atom. The lowest BCUT2D eigenvalue weighted by molar-refractivity contribution is -0.148. The molecule has 0 aliphatic carbocycles. The summed E-state index contributed by atoms with van der Waals surface area (Å²) < 4.78 is 5.07. The monoisotopic (exact) mass is 532 g/mol. The standard InChI is InChI=1S/C24H29NO5.C4H11NO3/c1-3-30-24(29)17(2)15-21(25-22(26)13-14-23(27)28)16-18-9-11-20(12-10-18)19-7-5-4-6-8-19;5-4(1-6,2-7)3-8/h4-12,17,21H,3,13-16H2,1-2H3,(H,25,26)(H,27,28);6-8H,1-3,5H2/t17-,21-;/m1./s1. The molecule has 2 aromatic rings. The normalized spacial score (nSPS) is 12.5. The third-order valence-corrected chi connectivity index (χ3v) is 5.75. The van der Waals surface area contributed by atoms with Crippen molar-refractivity contribution in [3.63, 3.8) is 0 Å². The number of aliphatic hydroxyl groups is 3. The number of rotatable bonds is 14. The maximum absolute atomic E-state index is 12.2. The lowest BCUT2D eigenvalue weighted by Gasteiger charge is -2.22. The number of carbonyl (C=O) groups is 3. The molecule has 0 saturated heterocycles. The molecule has 10 nitrogen and oxygen atoms in total. The van der Waals surface area contributed by atoms with Crippen molar-refractivity contribution >= 4 is 17.8 Å². The van der Waals surface area contributed by atoms with Crippen LogP contribution >= 0.6 is 0 Å². The number of carbonyl (C=O) groups excluding carboxylic acids is 2. The molecule has 2 atom stereocenters. The predicted molar refractivity (Wildman–Crippen MR) is 143 cm³/mol. The van der Waals surface area contributed by atoms with Crippen molar-refractivity contribution in [2.75, 3.05) is 26.4 Å². The van der Waals surface area contributed by atoms with Gasteiger partial charge in [-0.05, 0) is 36.5 Å². The van der Waals surface area contributed by atoms with E-state index in [0.29, 0.717) is 19.4 Å². The highest BCUT2D eigenvalue weighted by molar-refractivity contribution is 5.81. The maximum Gasteiger partial charge on any atom is 0.308 e. The molecular formula is C28H40N2O8. The molecule has 0 unspecified atom stereocenters. The number of nitrogens with two attached hydrogens (primary N) is 1. The minimum absolute atomic E-state index is 0.0907. The lowest BCUT2D eigenvalue weighted by atomic mass is 9.94. The van der Waals surface area contributed by atoms with E-state index in [4.69, 9.17) is 30.9 Å². The molecule has 0 bridgehead atoms. The molecule has 0 spiro atoms. The van der Waals surface area contributed by atoms with Gasteiger partial charge >= 0.3 is 11.9 Å². The van der Waals surface area contributed by atoms with Gasteiger partial charge in [-0.15, -0.1) is 0 Å². The molecule has 210 valence electrons. The van der Waals surface area contributed by atoms with Crippen molar-refractivity contribution in [3.8, 4) is 11.1 Å². The summed E-state index contributed by atoms with van der Waals surface area (Å²) in [7, 11) is 0. The maximum atomic E-state index is 12.2. The summed E-state index contributed by atoms with van der Waals surface area (Å²) in [5.41, 5.74) is 7.18. The van der Waals surface area contributed by atoms with Gasteiger partial charge in [-0.3, -0.25) is 14.4 Å². The number of ether oxygens (including phenoxy) is 1. The average Bonchev–Trinajstić information content (AvgIpc) is 2.92. The molecule has 38 heavy (non-hydrogen) atoms. The smallest absolute Gasteiger partial charge is 0.308 e. The number of aliphatic hydroxyl groups excluding tert-OH is 3. The van der Waals surface area contributed by atoms with Crippen molar-refractivity contribution in [3.05, 3.63) is 60.2 Å². The van der Waals surface area contributed by atoms with Gasteiger partial charge in [-0.25, -0.2) is 0 Å². The fraction of sp³-hybridized carbons (Fsp3) is 0.464. The number of hydrogen-bond acceptors (Lipinski definition) is 8. The Hall–Kier alpha value is -3.31. The predicted octanol–water partition coefficient (Wildman–Crippen LogP) is 1.50. The van der Waals surface area contributed by atoms with Gasteiger partial charge in [-0.2, -0.15) is 0 Å². The van der Waals surface area contributed by atoms with Crippen molar-refractivity contribution in [2.24, 2.45) is 11.7 Å². The van der Waals surface area contributed by atoms with Crippen LogP contribution in [-0.2, 0) is 25.5 Å². The van der Waals surface area contributed by atoms with E-state index in [0.717, 1.165) is 16.7 Å². The number of esters is 1. The van der Waals surface area contributed by atoms with Crippen molar-refractivity contribution < 1.29 is 39.5 Å². The highest BCUT2D eigenvalue weighted by atomic mass is 16.5. The quantitative estimate of drug-likeness (QED) is 0.197. The summed E-state index contributed by atoms with van der Waals surface area (Å²) >= 11 is 0. The Morgan fingerprint density at radius 2 is 1.47 bits per heavy atom. The number of carboxylic acids is 1. The fourth-order valence-electron chi connectivity index (χ4n) is 3.42. The van der Waals surface area contributed by atoms with Crippen LogP contribution in [0.5, 0.6) is 0 Å². The highest BCUT2D eigenvalue weighted by Gasteiger charge is 2.22. The van der Waals surface area contributed by atoms with Crippen LogP contribution in [0.1, 0.15) is 38.7 Å². The third-order valence-electron chi connectivity index (χ3n) is 5.75. The first-order chi connectivity index (χ1) is 18.1. The molecule has 1 amide bonds. The second-order valence-electron chi connectivity index (χ2n) is 9.15. The van der Waals surface area contributed by atoms with E-state index < -0.39 is 31.3 Å². The van der Waals surface area contributed by atoms with E-state index in [1.807, 2.05) is 54.6 Å². The third kappa shape index (κ3) is 12.3. The Bertz CT molecular complexity index is 970. The average molecular weight is 533 g/mol. The first-order valence-corrected chi connectivity index (χ1v) is 12.5. The summed E-state index contributed by atoms with van der Waals surface area (Å²) in [6.45, 7) is 2.62. The van der Waals surface area contributed by atoms with E-state index in [9.17, 15) is 14.4 Å². The van der Waals surface area contributed by atoms with E-state index in [-0.39, 0.29) is 36.7 Å². The Kier molecular flexibility index (Phi) is 14.8. The second-order valence-corrected chi connectivity index (χ2v) is 9.15. The highest BCUT2D eigenvalue weighted by Crippen LogP contribution is 2.21. The minimum atomic E-state index is -1.21. The summed E-state index contributed by atoms with van der Waals surface area (Å²) in [5.74, 6) is -2.03. The van der Waals surface area contributed by atoms with Crippen LogP contribution in [0.3, 0.4) is 0 Å². The molecule has 0 aromatic heterocycles. The molecule has 0 radical (unpaired) electrons. The van der Waals surface area contributed by atoms with Crippen LogP contribution < -0.4 is 11.1 Å². The van der Waals surface area contributed by atoms with Gasteiger partial charge in [0, 0.05) is 12.5 Å². The number of benzene rings is 2. The van der Waals surface area contributed by atoms with Crippen LogP contribution in [-0.4, -0.2) is 76.3 Å². The van der Waals surface area contributed by atoms with Crippen LogP contribution in [0.2, 0.25) is 0 Å². The molecule has 2 rings (SSSR count). The van der Waals surface area contributed by atoms with Crippen molar-refractivity contribution in [1.29, 1.82) is 0 Å². The van der Waals surface area contributed by atoms with E-state index >= 15 is 0 Å². The molecule has 0 aliphatic rings. The van der Waals surface area contributed by atoms with Gasteiger partial charge in [0.15, 0.2) is 0 Å². The molecule has 0 fully saturated rings. The summed E-state index contributed by atoms with van der Waals surface area (Å²) in [6.07, 6.45) is 0.639. The molecule has 2 aromatic carbocycles. The van der Waals surface area contributed by atoms with E-state index in [2.05, 4.69) is 5.32 Å². The first-order valence-electron chi connectivity index (χ1n) is 12.5. The Labute approximate surface area is 223 Å². The van der Waals surface area contributed by atoms with Crippen LogP contribution in [0.15, 0.2) is 54.6 Å². The van der Waals surface area contributed by atoms with Crippen LogP contribution in [0.4, 0.5) is 0 Å². The SMILES string of the molecule is CCOC(=O)[C@H](C)C[C@H](Cc1ccc(-c2ccccc2)cc1)NC(=O)CCC(=O)O.NC(CO)(CO)CO. The van der Waals surface area contributed by atoms with Gasteiger partial charge < -0.3 is 36.2 Å². The zero-order valence-electron chi connectivity index (χ0n) is 22.0. The second kappa shape index (κ2) is 17.2. The van der Waals surface area contributed by atoms with Crippen LogP contribution in [0, 0.1) is 5.92 Å². The van der Waals surface area contributed by atoms with Gasteiger partial charge in [0.25, 0.3) is 0 Å². The summed E-state index contributed by atoms with van der Waals surface area (Å²) in [5, 5.41) is 36.7. The topological polar surface area (TPSA) is 179 Å². The van der Waals surface area contributed by atoms with E-state index in [1.165, 1.54) is 0 Å². The van der Waals surface area contributed by atoms with Crippen molar-refractivity contribution in [2.45, 2.75) is 51.1 Å². The molecule has 0 saturated carbocycles. The van der Waals surface area contributed by atoms with Gasteiger partial charge in [0.05, 0.1) is 44.3 Å². The summed E-state index contributed by atoms with van der Waals surface area (Å²) in [6, 6.07) is 17.8. The number of carboxylic acid groups (broad SMARTS) is 1. The van der Waals surface area contributed by atoms with Gasteiger partial charge in [-0.1, -0.05) is 61.5 Å². The Balaban J connectivity index is 0.000000781. The number of nitrogens with one attached hydrogen (secondary N) is 1. The number of amides is 1. The van der Waals surface area contributed by atoms with Gasteiger partial charge in [0.2, 0.25) is 5.91 Å². The molecule has 0 heterocycles. The zero-order valence-corrected chi connectivity index (χ0v) is 22.0. The Morgan fingerprint density at radius 1 is 0.921 bits per heavy atom. The van der Waals surface area contributed by atoms with Crippen molar-refractivity contribution in [1.82, 2.24) is 5.32 Å². The largest absolute Gasteiger partial charge is 0.481 e. The summed E-state index contributed by atoms with van der Waals surface area (Å²) in [4.78, 5) is 34.9. The fourth-order valence-corrected chi connectivity index (χ4v) is 3.42. The first kappa shape index (κ1) is 32.7. The molecule has 0 aliphatic heterocycles. The molecule has 7 N–H and O–H groups in total. The molecule has 10 heteroatoms. The van der Waals surface area contributed by atoms with Crippen LogP contribution in [0.25, 0.3) is 11.1 Å². The number of aliphatic carboxylic acids is 1. The zero-order chi connectivity index (χ0) is 28.6. The molecular weight excluding hydrogens is 492 g/mol. The lowest BCUT2D eigenvalue weighted by Crippen LogP contribution is -2.50.